The topological polar surface area (TPSA) is 43.9 Å². The second-order valence-electron chi connectivity index (χ2n) is 8.80. The van der Waals surface area contributed by atoms with E-state index in [9.17, 15) is 9.59 Å². The summed E-state index contributed by atoms with van der Waals surface area (Å²) >= 11 is 0. The fourth-order valence-corrected chi connectivity index (χ4v) is 4.58. The molecule has 0 aromatic heterocycles. The first-order valence-corrected chi connectivity index (χ1v) is 9.66. The van der Waals surface area contributed by atoms with Crippen molar-refractivity contribution in [2.45, 2.75) is 58.9 Å². The van der Waals surface area contributed by atoms with Crippen LogP contribution in [0.3, 0.4) is 0 Å². The normalized spacial score (nSPS) is 28.5. The Morgan fingerprint density at radius 2 is 1.67 bits per heavy atom. The number of amides is 2. The maximum Gasteiger partial charge on any atom is 0.236 e. The number of hydrogen-bond donors (Lipinski definition) is 0. The highest BCUT2D eigenvalue weighted by Gasteiger charge is 2.42. The van der Waals surface area contributed by atoms with E-state index in [0.717, 1.165) is 58.4 Å². The molecule has 2 heterocycles. The molecule has 0 aromatic rings. The zero-order chi connectivity index (χ0) is 17.3. The highest BCUT2D eigenvalue weighted by atomic mass is 16.2. The van der Waals surface area contributed by atoms with Gasteiger partial charge in [0.05, 0.1) is 6.54 Å². The molecule has 0 radical (unpaired) electrons. The Kier molecular flexibility index (Phi) is 5.19. The Hall–Kier alpha value is -1.10. The van der Waals surface area contributed by atoms with Crippen molar-refractivity contribution in [3.63, 3.8) is 0 Å². The lowest BCUT2D eigenvalue weighted by Gasteiger charge is -2.45. The largest absolute Gasteiger partial charge is 0.340 e. The van der Waals surface area contributed by atoms with Gasteiger partial charge in [0.1, 0.15) is 0 Å². The molecular formula is C19H33N3O2. The van der Waals surface area contributed by atoms with E-state index < -0.39 is 0 Å². The van der Waals surface area contributed by atoms with Gasteiger partial charge in [-0.1, -0.05) is 13.8 Å². The fourth-order valence-electron chi connectivity index (χ4n) is 4.58. The molecule has 0 bridgehead atoms. The molecule has 136 valence electrons. The van der Waals surface area contributed by atoms with Gasteiger partial charge in [0.2, 0.25) is 11.8 Å². The van der Waals surface area contributed by atoms with Crippen LogP contribution in [0.15, 0.2) is 0 Å². The fraction of sp³-hybridized carbons (Fsp3) is 0.895. The molecule has 3 aliphatic rings. The predicted octanol–water partition coefficient (Wildman–Crippen LogP) is 1.97. The van der Waals surface area contributed by atoms with Crippen molar-refractivity contribution < 1.29 is 9.59 Å². The third kappa shape index (κ3) is 3.93. The maximum atomic E-state index is 12.5. The van der Waals surface area contributed by atoms with Gasteiger partial charge in [-0.2, -0.15) is 0 Å². The lowest BCUT2D eigenvalue weighted by Crippen LogP contribution is -2.55. The van der Waals surface area contributed by atoms with E-state index in [0.29, 0.717) is 23.9 Å². The number of hydrogen-bond acceptors (Lipinski definition) is 3. The zero-order valence-electron chi connectivity index (χ0n) is 15.6. The Morgan fingerprint density at radius 1 is 1.00 bits per heavy atom. The van der Waals surface area contributed by atoms with Crippen molar-refractivity contribution in [2.24, 2.45) is 11.3 Å². The van der Waals surface area contributed by atoms with Crippen LogP contribution in [0.4, 0.5) is 0 Å². The average molecular weight is 335 g/mol. The standard InChI is InChI=1S/C19H33N3O2/c1-15-6-4-5-7-22(15)17(23)14-20-8-10-21(11-9-20)18(24)16-12-19(2,3)13-16/h15-16H,4-14H2,1-3H3. The molecule has 2 amide bonds. The van der Waals surface area contributed by atoms with E-state index in [4.69, 9.17) is 0 Å². The van der Waals surface area contributed by atoms with Crippen molar-refractivity contribution in [3.05, 3.63) is 0 Å². The van der Waals surface area contributed by atoms with Gasteiger partial charge in [0.15, 0.2) is 0 Å². The third-order valence-electron chi connectivity index (χ3n) is 6.11. The zero-order valence-corrected chi connectivity index (χ0v) is 15.6. The van der Waals surface area contributed by atoms with Crippen LogP contribution in [-0.4, -0.2) is 71.8 Å². The van der Waals surface area contributed by atoms with Gasteiger partial charge in [0.25, 0.3) is 0 Å². The Balaban J connectivity index is 1.42. The van der Waals surface area contributed by atoms with Crippen LogP contribution in [-0.2, 0) is 9.59 Å². The molecule has 1 atom stereocenters. The molecule has 0 N–H and O–H groups in total. The summed E-state index contributed by atoms with van der Waals surface area (Å²) < 4.78 is 0. The summed E-state index contributed by atoms with van der Waals surface area (Å²) in [5.74, 6) is 0.843. The molecule has 2 aliphatic heterocycles. The SMILES string of the molecule is CC1CCCCN1C(=O)CN1CCN(C(=O)C2CC(C)(C)C2)CC1. The molecule has 3 rings (SSSR count). The van der Waals surface area contributed by atoms with Crippen LogP contribution in [0.5, 0.6) is 0 Å². The minimum Gasteiger partial charge on any atom is -0.340 e. The Bertz CT molecular complexity index is 475. The quantitative estimate of drug-likeness (QED) is 0.792. The summed E-state index contributed by atoms with van der Waals surface area (Å²) in [7, 11) is 0. The van der Waals surface area contributed by atoms with Crippen LogP contribution < -0.4 is 0 Å². The number of piperidine rings is 1. The van der Waals surface area contributed by atoms with Gasteiger partial charge in [-0.3, -0.25) is 14.5 Å². The second kappa shape index (κ2) is 7.03. The molecule has 0 spiro atoms. The first-order valence-electron chi connectivity index (χ1n) is 9.66. The van der Waals surface area contributed by atoms with E-state index in [-0.39, 0.29) is 11.8 Å². The number of carbonyl (C=O) groups is 2. The van der Waals surface area contributed by atoms with Crippen molar-refractivity contribution >= 4 is 11.8 Å². The maximum absolute atomic E-state index is 12.5. The van der Waals surface area contributed by atoms with Crippen LogP contribution >= 0.6 is 0 Å². The van der Waals surface area contributed by atoms with Gasteiger partial charge in [-0.05, 0) is 44.4 Å². The average Bonchev–Trinajstić information content (AvgIpc) is 2.53. The molecular weight excluding hydrogens is 302 g/mol. The summed E-state index contributed by atoms with van der Waals surface area (Å²) in [4.78, 5) is 31.3. The Labute approximate surface area is 146 Å². The molecule has 3 fully saturated rings. The summed E-state index contributed by atoms with van der Waals surface area (Å²) in [6.45, 7) is 11.3. The first-order chi connectivity index (χ1) is 11.4. The van der Waals surface area contributed by atoms with Gasteiger partial charge >= 0.3 is 0 Å². The van der Waals surface area contributed by atoms with Crippen LogP contribution in [0.1, 0.15) is 52.9 Å². The van der Waals surface area contributed by atoms with Gasteiger partial charge in [-0.25, -0.2) is 0 Å². The van der Waals surface area contributed by atoms with Crippen LogP contribution in [0.25, 0.3) is 0 Å². The van der Waals surface area contributed by atoms with Crippen molar-refractivity contribution in [2.75, 3.05) is 39.3 Å². The lowest BCUT2D eigenvalue weighted by atomic mass is 9.64. The van der Waals surface area contributed by atoms with Gasteiger partial charge < -0.3 is 9.80 Å². The molecule has 0 aromatic carbocycles. The molecule has 1 saturated carbocycles. The third-order valence-corrected chi connectivity index (χ3v) is 6.11. The molecule has 5 heteroatoms. The first kappa shape index (κ1) is 17.7. The van der Waals surface area contributed by atoms with E-state index in [1.165, 1.54) is 6.42 Å². The van der Waals surface area contributed by atoms with Crippen molar-refractivity contribution in [1.29, 1.82) is 0 Å². The summed E-state index contributed by atoms with van der Waals surface area (Å²) in [5, 5.41) is 0. The molecule has 1 unspecified atom stereocenters. The number of nitrogens with zero attached hydrogens (tertiary/aromatic N) is 3. The number of piperazine rings is 1. The molecule has 2 saturated heterocycles. The summed E-state index contributed by atoms with van der Waals surface area (Å²) in [5.41, 5.74) is 0.347. The van der Waals surface area contributed by atoms with Crippen molar-refractivity contribution in [1.82, 2.24) is 14.7 Å². The van der Waals surface area contributed by atoms with E-state index >= 15 is 0 Å². The Morgan fingerprint density at radius 3 is 2.25 bits per heavy atom. The summed E-state index contributed by atoms with van der Waals surface area (Å²) in [6, 6.07) is 0.385. The molecule has 5 nitrogen and oxygen atoms in total. The van der Waals surface area contributed by atoms with E-state index in [2.05, 4.69) is 30.6 Å². The molecule has 24 heavy (non-hydrogen) atoms. The molecule has 1 aliphatic carbocycles. The van der Waals surface area contributed by atoms with Gasteiger partial charge in [-0.15, -0.1) is 0 Å². The summed E-state index contributed by atoms with van der Waals surface area (Å²) in [6.07, 6.45) is 5.56. The van der Waals surface area contributed by atoms with Crippen LogP contribution in [0, 0.1) is 11.3 Å². The minimum absolute atomic E-state index is 0.238. The number of likely N-dealkylation sites (tertiary alicyclic amines) is 1. The number of carbonyl (C=O) groups excluding carboxylic acids is 2. The van der Waals surface area contributed by atoms with E-state index in [1.54, 1.807) is 0 Å². The minimum atomic E-state index is 0.238. The van der Waals surface area contributed by atoms with Crippen LogP contribution in [0.2, 0.25) is 0 Å². The van der Waals surface area contributed by atoms with Crippen molar-refractivity contribution in [3.8, 4) is 0 Å². The highest BCUT2D eigenvalue weighted by Crippen LogP contribution is 2.45. The van der Waals surface area contributed by atoms with E-state index in [1.807, 2.05) is 4.90 Å². The predicted molar refractivity (Wildman–Crippen MR) is 94.6 cm³/mol. The highest BCUT2D eigenvalue weighted by molar-refractivity contribution is 5.80. The number of rotatable bonds is 3. The second-order valence-corrected chi connectivity index (χ2v) is 8.80. The monoisotopic (exact) mass is 335 g/mol. The smallest absolute Gasteiger partial charge is 0.236 e. The van der Waals surface area contributed by atoms with Gasteiger partial charge in [0, 0.05) is 44.7 Å². The lowest BCUT2D eigenvalue weighted by molar-refractivity contribution is -0.144.